The lowest BCUT2D eigenvalue weighted by molar-refractivity contribution is -0.0212. The molecule has 4 nitrogen and oxygen atoms in total. The summed E-state index contributed by atoms with van der Waals surface area (Å²) in [5, 5.41) is 20.4. The maximum Gasteiger partial charge on any atom is 0.203 e. The van der Waals surface area contributed by atoms with Crippen molar-refractivity contribution >= 4 is 18.5 Å². The molecule has 0 fully saturated rings. The average molecular weight is 319 g/mol. The first-order valence-corrected chi connectivity index (χ1v) is 7.66. The normalized spacial score (nSPS) is 13.9. The first kappa shape index (κ1) is 16.8. The lowest BCUT2D eigenvalue weighted by atomic mass is 10.1. The lowest BCUT2D eigenvalue weighted by Gasteiger charge is -2.25. The van der Waals surface area contributed by atoms with Gasteiger partial charge in [0, 0.05) is 11.1 Å². The van der Waals surface area contributed by atoms with Crippen molar-refractivity contribution in [1.29, 1.82) is 0 Å². The Morgan fingerprint density at radius 3 is 2.27 bits per heavy atom. The van der Waals surface area contributed by atoms with Crippen LogP contribution in [0.4, 0.5) is 5.69 Å². The molecule has 22 heavy (non-hydrogen) atoms. The van der Waals surface area contributed by atoms with Crippen molar-refractivity contribution in [3.8, 4) is 5.75 Å². The Bertz CT molecular complexity index is 648. The van der Waals surface area contributed by atoms with Gasteiger partial charge < -0.3 is 5.11 Å². The number of benzene rings is 2. The van der Waals surface area contributed by atoms with Gasteiger partial charge in [0.2, 0.25) is 5.69 Å². The van der Waals surface area contributed by atoms with Crippen molar-refractivity contribution in [3.63, 3.8) is 0 Å². The van der Waals surface area contributed by atoms with E-state index in [9.17, 15) is 10.3 Å². The molecular formula is C17H23N2O2S+. The van der Waals surface area contributed by atoms with Gasteiger partial charge in [-0.25, -0.2) is 0 Å². The molecule has 1 unspecified atom stereocenters. The van der Waals surface area contributed by atoms with Crippen molar-refractivity contribution in [2.45, 2.75) is 27.2 Å². The van der Waals surface area contributed by atoms with Gasteiger partial charge in [-0.1, -0.05) is 35.9 Å². The first-order valence-electron chi connectivity index (χ1n) is 7.26. The highest BCUT2D eigenvalue weighted by atomic mass is 32.1. The van der Waals surface area contributed by atoms with E-state index in [-0.39, 0.29) is 5.75 Å². The highest BCUT2D eigenvalue weighted by Gasteiger charge is 2.29. The number of aromatic hydroxyl groups is 1. The van der Waals surface area contributed by atoms with Gasteiger partial charge in [-0.2, -0.15) is 5.21 Å². The standard InChI is InChI=1S/C17H22N2O2S/c1-12-10-13(2)17(14(3)11-12)19(21,22)18-9-8-15-6-4-5-7-16(15)20/h4-7,10-11,18,21-22H,8-9H2,1-3H3/p+1. The molecule has 2 aromatic carbocycles. The number of nitrogens with one attached hydrogen (secondary N) is 1. The van der Waals surface area contributed by atoms with Crippen molar-refractivity contribution in [2.75, 3.05) is 6.54 Å². The van der Waals surface area contributed by atoms with Crippen LogP contribution in [0, 0.1) is 20.8 Å². The number of hydrogen-bond acceptors (Lipinski definition) is 4. The lowest BCUT2D eigenvalue weighted by Crippen LogP contribution is -2.50. The first-order chi connectivity index (χ1) is 10.3. The maximum atomic E-state index is 10.6. The summed E-state index contributed by atoms with van der Waals surface area (Å²) in [7, 11) is 0. The second-order valence-electron chi connectivity index (χ2n) is 5.64. The van der Waals surface area contributed by atoms with Crippen molar-refractivity contribution in [1.82, 2.24) is 9.59 Å². The summed E-state index contributed by atoms with van der Waals surface area (Å²) in [5.41, 5.74) is 7.67. The minimum Gasteiger partial charge on any atom is -0.508 e. The Morgan fingerprint density at radius 2 is 1.68 bits per heavy atom. The van der Waals surface area contributed by atoms with Gasteiger partial charge in [-0.05, 0) is 43.0 Å². The molecule has 0 amide bonds. The summed E-state index contributed by atoms with van der Waals surface area (Å²) in [4.78, 5) is 0. The molecule has 2 aromatic rings. The summed E-state index contributed by atoms with van der Waals surface area (Å²) in [5.74, 6) is 0.266. The molecule has 0 saturated carbocycles. The fourth-order valence-corrected chi connectivity index (χ4v) is 3.23. The molecule has 0 aliphatic heterocycles. The van der Waals surface area contributed by atoms with Crippen LogP contribution in [-0.4, -0.2) is 16.9 Å². The summed E-state index contributed by atoms with van der Waals surface area (Å²) < 4.78 is -0.675. The predicted octanol–water partition coefficient (Wildman–Crippen LogP) is 3.61. The van der Waals surface area contributed by atoms with Gasteiger partial charge in [-0.3, -0.25) is 0 Å². The topological polar surface area (TPSA) is 52.5 Å². The number of hydrogen-bond donors (Lipinski definition) is 4. The van der Waals surface area contributed by atoms with Crippen LogP contribution < -0.4 is 9.59 Å². The molecule has 0 spiro atoms. The molecule has 0 aliphatic carbocycles. The molecule has 0 heterocycles. The molecular weight excluding hydrogens is 296 g/mol. The Labute approximate surface area is 137 Å². The van der Waals surface area contributed by atoms with Crippen molar-refractivity contribution in [2.24, 2.45) is 0 Å². The van der Waals surface area contributed by atoms with Crippen LogP contribution in [0.2, 0.25) is 0 Å². The summed E-state index contributed by atoms with van der Waals surface area (Å²) in [6.45, 7) is 6.42. The monoisotopic (exact) mass is 319 g/mol. The highest BCUT2D eigenvalue weighted by molar-refractivity contribution is 7.79. The molecule has 5 heteroatoms. The molecule has 0 aliphatic rings. The Kier molecular flexibility index (Phi) is 5.13. The third-order valence-electron chi connectivity index (χ3n) is 3.67. The van der Waals surface area contributed by atoms with E-state index in [0.717, 1.165) is 27.9 Å². The number of rotatable bonds is 5. The quantitative estimate of drug-likeness (QED) is 0.387. The zero-order valence-electron chi connectivity index (χ0n) is 13.2. The van der Waals surface area contributed by atoms with E-state index in [1.807, 2.05) is 45.0 Å². The van der Waals surface area contributed by atoms with E-state index >= 15 is 0 Å². The Morgan fingerprint density at radius 1 is 1.09 bits per heavy atom. The predicted molar refractivity (Wildman–Crippen MR) is 93.0 cm³/mol. The van der Waals surface area contributed by atoms with Crippen LogP contribution in [0.3, 0.4) is 0 Å². The zero-order chi connectivity index (χ0) is 16.3. The highest BCUT2D eigenvalue weighted by Crippen LogP contribution is 2.30. The molecule has 1 atom stereocenters. The van der Waals surface area contributed by atoms with Crippen LogP contribution in [0.15, 0.2) is 36.4 Å². The molecule has 2 rings (SSSR count). The van der Waals surface area contributed by atoms with Gasteiger partial charge in [0.05, 0.1) is 6.54 Å². The number of para-hydroxylation sites is 1. The van der Waals surface area contributed by atoms with E-state index in [2.05, 4.69) is 18.2 Å². The van der Waals surface area contributed by atoms with Crippen molar-refractivity contribution < 1.29 is 10.3 Å². The fraction of sp³-hybridized carbons (Fsp3) is 0.294. The van der Waals surface area contributed by atoms with Crippen LogP contribution >= 0.6 is 12.8 Å². The van der Waals surface area contributed by atoms with Crippen LogP contribution in [0.1, 0.15) is 22.3 Å². The number of thiol groups is 1. The van der Waals surface area contributed by atoms with E-state index in [1.54, 1.807) is 12.1 Å². The fourth-order valence-electron chi connectivity index (χ4n) is 2.81. The number of phenols is 1. The summed E-state index contributed by atoms with van der Waals surface area (Å²) in [6, 6.07) is 11.2. The molecule has 0 saturated heterocycles. The Balaban J connectivity index is 2.10. The van der Waals surface area contributed by atoms with E-state index in [4.69, 9.17) is 0 Å². The van der Waals surface area contributed by atoms with E-state index in [1.165, 1.54) is 0 Å². The molecule has 0 bridgehead atoms. The van der Waals surface area contributed by atoms with Gasteiger partial charge >= 0.3 is 0 Å². The molecule has 118 valence electrons. The van der Waals surface area contributed by atoms with Crippen molar-refractivity contribution in [3.05, 3.63) is 58.7 Å². The second kappa shape index (κ2) is 6.71. The average Bonchev–Trinajstić information content (AvgIpc) is 2.39. The number of phenolic OH excluding ortho intramolecular Hbond substituents is 1. The molecule has 3 N–H and O–H groups in total. The minimum absolute atomic E-state index is 0.266. The van der Waals surface area contributed by atoms with Crippen LogP contribution in [0.5, 0.6) is 5.75 Å². The number of aryl methyl sites for hydroxylation is 3. The minimum atomic E-state index is -0.675. The SMILES string of the molecule is Cc1cc(C)c([N+](O)(S)NCCc2ccccc2O)c(C)c1. The summed E-state index contributed by atoms with van der Waals surface area (Å²) >= 11 is 4.34. The van der Waals surface area contributed by atoms with Gasteiger partial charge in [0.25, 0.3) is 0 Å². The van der Waals surface area contributed by atoms with Crippen LogP contribution in [0.25, 0.3) is 0 Å². The third kappa shape index (κ3) is 3.81. The summed E-state index contributed by atoms with van der Waals surface area (Å²) in [6.07, 6.45) is 0.595. The van der Waals surface area contributed by atoms with E-state index < -0.39 is 4.16 Å². The second-order valence-corrected chi connectivity index (χ2v) is 6.21. The van der Waals surface area contributed by atoms with Gasteiger partial charge in [0.1, 0.15) is 18.6 Å². The smallest absolute Gasteiger partial charge is 0.203 e. The number of nitrogens with zero attached hydrogens (tertiary/aromatic N) is 1. The maximum absolute atomic E-state index is 10.6. The molecule has 0 radical (unpaired) electrons. The van der Waals surface area contributed by atoms with Crippen LogP contribution in [-0.2, 0) is 6.42 Å². The zero-order valence-corrected chi connectivity index (χ0v) is 14.1. The van der Waals surface area contributed by atoms with Gasteiger partial charge in [-0.15, -0.1) is 5.43 Å². The number of quaternary nitrogens is 1. The Hall–Kier alpha value is -1.53. The molecule has 0 aromatic heterocycles. The van der Waals surface area contributed by atoms with E-state index in [0.29, 0.717) is 13.0 Å². The largest absolute Gasteiger partial charge is 0.508 e. The third-order valence-corrected chi connectivity index (χ3v) is 4.01. The van der Waals surface area contributed by atoms with Gasteiger partial charge in [0.15, 0.2) is 0 Å².